The summed E-state index contributed by atoms with van der Waals surface area (Å²) in [6.07, 6.45) is 4.34. The van der Waals surface area contributed by atoms with Gasteiger partial charge in [0.15, 0.2) is 0 Å². The molecule has 3 saturated heterocycles. The number of unbranched alkanes of at least 4 members (excludes halogenated alkanes) is 2. The van der Waals surface area contributed by atoms with Crippen LogP contribution < -0.4 is 0 Å². The molecule has 3 heteroatoms. The maximum atomic E-state index is 2.63. The predicted octanol–water partition coefficient (Wildman–Crippen LogP) is 1.74. The van der Waals surface area contributed by atoms with E-state index < -0.39 is 0 Å². The molecule has 14 heavy (non-hydrogen) atoms. The van der Waals surface area contributed by atoms with E-state index in [-0.39, 0.29) is 0 Å². The fraction of sp³-hybridized carbons (Fsp3) is 1.00. The molecule has 3 aliphatic heterocycles. The van der Waals surface area contributed by atoms with Gasteiger partial charge >= 0.3 is 0 Å². The number of piperazine rings is 3. The first-order chi connectivity index (χ1) is 6.85. The Balaban J connectivity index is 1.72. The second kappa shape index (κ2) is 5.12. The van der Waals surface area contributed by atoms with Crippen LogP contribution in [-0.4, -0.2) is 59.6 Å². The number of quaternary nitrogens is 1. The van der Waals surface area contributed by atoms with Crippen LogP contribution in [0.15, 0.2) is 0 Å². The van der Waals surface area contributed by atoms with E-state index in [4.69, 9.17) is 0 Å². The van der Waals surface area contributed by atoms with Crippen LogP contribution in [-0.2, 0) is 0 Å². The summed E-state index contributed by atoms with van der Waals surface area (Å²) in [6.45, 7) is 9.87. The maximum absolute atomic E-state index is 2.63. The van der Waals surface area contributed by atoms with Crippen LogP contribution in [0.3, 0.4) is 0 Å². The number of hydrogen-bond donors (Lipinski definition) is 0. The molecule has 3 rings (SSSR count). The first-order valence-electron chi connectivity index (χ1n) is 5.98. The van der Waals surface area contributed by atoms with E-state index in [0.29, 0.717) is 0 Å². The van der Waals surface area contributed by atoms with Gasteiger partial charge in [0.1, 0.15) is 0 Å². The van der Waals surface area contributed by atoms with Crippen molar-refractivity contribution in [2.24, 2.45) is 0 Å². The second-order valence-corrected chi connectivity index (χ2v) is 5.91. The summed E-state index contributed by atoms with van der Waals surface area (Å²) in [5, 5.41) is 0. The van der Waals surface area contributed by atoms with E-state index in [1.54, 1.807) is 0 Å². The van der Waals surface area contributed by atoms with Crippen LogP contribution >= 0.6 is 22.6 Å². The third-order valence-electron chi connectivity index (χ3n) is 3.94. The molecule has 0 saturated carbocycles. The Bertz CT molecular complexity index is 162. The quantitative estimate of drug-likeness (QED) is 0.324. The van der Waals surface area contributed by atoms with Crippen molar-refractivity contribution in [2.45, 2.75) is 19.3 Å². The number of alkyl halides is 1. The number of hydrogen-bond acceptors (Lipinski definition) is 1. The summed E-state index contributed by atoms with van der Waals surface area (Å²) in [5.74, 6) is 0. The fourth-order valence-electron chi connectivity index (χ4n) is 2.79. The molecular formula is C11H22IN2+. The van der Waals surface area contributed by atoms with Crippen molar-refractivity contribution in [3.63, 3.8) is 0 Å². The third kappa shape index (κ3) is 2.61. The van der Waals surface area contributed by atoms with Gasteiger partial charge in [-0.05, 0) is 23.7 Å². The van der Waals surface area contributed by atoms with E-state index in [1.165, 1.54) is 74.0 Å². The van der Waals surface area contributed by atoms with Gasteiger partial charge < -0.3 is 4.48 Å². The Labute approximate surface area is 101 Å². The highest BCUT2D eigenvalue weighted by Gasteiger charge is 2.37. The Morgan fingerprint density at radius 3 is 2.14 bits per heavy atom. The molecule has 0 unspecified atom stereocenters. The normalized spacial score (nSPS) is 36.2. The van der Waals surface area contributed by atoms with E-state index in [1.807, 2.05) is 0 Å². The molecule has 0 N–H and O–H groups in total. The summed E-state index contributed by atoms with van der Waals surface area (Å²) >= 11 is 2.49. The van der Waals surface area contributed by atoms with Crippen LogP contribution in [0.5, 0.6) is 0 Å². The molecule has 2 bridgehead atoms. The summed E-state index contributed by atoms with van der Waals surface area (Å²) in [4.78, 5) is 2.63. The first-order valence-corrected chi connectivity index (χ1v) is 7.51. The van der Waals surface area contributed by atoms with Gasteiger partial charge in [-0.15, -0.1) is 0 Å². The van der Waals surface area contributed by atoms with Crippen molar-refractivity contribution in [2.75, 3.05) is 50.2 Å². The SMILES string of the molecule is ICCCCC[N+]12CCN(CC1)CC2. The number of nitrogens with zero attached hydrogens (tertiary/aromatic N) is 2. The van der Waals surface area contributed by atoms with Gasteiger partial charge in [0, 0.05) is 19.6 Å². The monoisotopic (exact) mass is 309 g/mol. The van der Waals surface area contributed by atoms with Crippen molar-refractivity contribution in [3.05, 3.63) is 0 Å². The fourth-order valence-corrected chi connectivity index (χ4v) is 3.32. The van der Waals surface area contributed by atoms with Crippen molar-refractivity contribution in [3.8, 4) is 0 Å². The van der Waals surface area contributed by atoms with Crippen LogP contribution in [0.1, 0.15) is 19.3 Å². The van der Waals surface area contributed by atoms with Crippen LogP contribution in [0.4, 0.5) is 0 Å². The van der Waals surface area contributed by atoms with Crippen LogP contribution in [0.25, 0.3) is 0 Å². The Kier molecular flexibility index (Phi) is 4.08. The largest absolute Gasteiger partial charge is 0.320 e. The zero-order chi connectivity index (χ0) is 9.86. The van der Waals surface area contributed by atoms with Gasteiger partial charge in [0.25, 0.3) is 0 Å². The van der Waals surface area contributed by atoms with Gasteiger partial charge in [-0.2, -0.15) is 0 Å². The molecule has 3 heterocycles. The molecule has 3 aliphatic rings. The minimum atomic E-state index is 1.34. The van der Waals surface area contributed by atoms with Crippen molar-refractivity contribution < 1.29 is 4.48 Å². The highest BCUT2D eigenvalue weighted by molar-refractivity contribution is 14.1. The minimum absolute atomic E-state index is 1.34. The maximum Gasteiger partial charge on any atom is 0.0916 e. The molecule has 0 radical (unpaired) electrons. The lowest BCUT2D eigenvalue weighted by Gasteiger charge is -2.50. The lowest BCUT2D eigenvalue weighted by atomic mass is 10.1. The molecule has 0 amide bonds. The lowest BCUT2D eigenvalue weighted by Crippen LogP contribution is -2.67. The van der Waals surface area contributed by atoms with Gasteiger partial charge in [0.05, 0.1) is 26.2 Å². The van der Waals surface area contributed by atoms with E-state index in [0.717, 1.165) is 0 Å². The third-order valence-corrected chi connectivity index (χ3v) is 4.70. The van der Waals surface area contributed by atoms with Crippen LogP contribution in [0.2, 0.25) is 0 Å². The molecule has 0 atom stereocenters. The van der Waals surface area contributed by atoms with Gasteiger partial charge in [-0.25, -0.2) is 0 Å². The van der Waals surface area contributed by atoms with E-state index in [2.05, 4.69) is 27.5 Å². The second-order valence-electron chi connectivity index (χ2n) is 4.83. The zero-order valence-electron chi connectivity index (χ0n) is 9.05. The van der Waals surface area contributed by atoms with Crippen molar-refractivity contribution >= 4 is 22.6 Å². The number of fused-ring (bicyclic) bond motifs is 3. The van der Waals surface area contributed by atoms with Crippen molar-refractivity contribution in [1.29, 1.82) is 0 Å². The van der Waals surface area contributed by atoms with Crippen LogP contribution in [0, 0.1) is 0 Å². The lowest BCUT2D eigenvalue weighted by molar-refractivity contribution is -0.941. The standard InChI is InChI=1S/C11H22IN2/c12-4-2-1-3-8-14-9-5-13(6-10-14)7-11-14/h1-11H2/q+1. The molecule has 3 fully saturated rings. The molecular weight excluding hydrogens is 287 g/mol. The molecule has 82 valence electrons. The smallest absolute Gasteiger partial charge is 0.0916 e. The summed E-state index contributed by atoms with van der Waals surface area (Å²) < 4.78 is 2.79. The molecule has 0 aromatic rings. The Morgan fingerprint density at radius 1 is 0.929 bits per heavy atom. The molecule has 2 nitrogen and oxygen atoms in total. The predicted molar refractivity (Wildman–Crippen MR) is 68.9 cm³/mol. The highest BCUT2D eigenvalue weighted by atomic mass is 127. The Hall–Kier alpha value is 0.650. The van der Waals surface area contributed by atoms with Gasteiger partial charge in [-0.1, -0.05) is 22.6 Å². The highest BCUT2D eigenvalue weighted by Crippen LogP contribution is 2.20. The topological polar surface area (TPSA) is 3.24 Å². The molecule has 0 aromatic heterocycles. The molecule has 0 aliphatic carbocycles. The summed E-state index contributed by atoms with van der Waals surface area (Å²) in [6, 6.07) is 0. The average molecular weight is 309 g/mol. The Morgan fingerprint density at radius 2 is 1.57 bits per heavy atom. The number of halogens is 1. The summed E-state index contributed by atoms with van der Waals surface area (Å²) in [5.41, 5.74) is 0. The van der Waals surface area contributed by atoms with E-state index in [9.17, 15) is 0 Å². The molecule has 0 spiro atoms. The van der Waals surface area contributed by atoms with E-state index >= 15 is 0 Å². The van der Waals surface area contributed by atoms with Gasteiger partial charge in [0.2, 0.25) is 0 Å². The summed E-state index contributed by atoms with van der Waals surface area (Å²) in [7, 11) is 0. The average Bonchev–Trinajstić information content (AvgIpc) is 2.27. The first kappa shape index (κ1) is 11.1. The zero-order valence-corrected chi connectivity index (χ0v) is 11.2. The molecule has 0 aromatic carbocycles. The van der Waals surface area contributed by atoms with Crippen molar-refractivity contribution in [1.82, 2.24) is 4.90 Å². The van der Waals surface area contributed by atoms with Gasteiger partial charge in [-0.3, -0.25) is 4.90 Å². The minimum Gasteiger partial charge on any atom is -0.320 e. The number of rotatable bonds is 5.